The summed E-state index contributed by atoms with van der Waals surface area (Å²) in [5.74, 6) is 0. The Morgan fingerprint density at radius 3 is 0.365 bits per heavy atom. The van der Waals surface area contributed by atoms with Crippen LogP contribution in [0.25, 0.3) is 0 Å². The zero-order valence-electron chi connectivity index (χ0n) is 34.4. The van der Waals surface area contributed by atoms with E-state index in [1.165, 1.54) is 0 Å². The fraction of sp³-hybridized carbons (Fsp3) is 1.00. The molecule has 0 N–H and O–H groups in total. The first-order valence-corrected chi connectivity index (χ1v) is 17.0. The lowest BCUT2D eigenvalue weighted by atomic mass is 9.36. The lowest BCUT2D eigenvalue weighted by molar-refractivity contribution is 0.470. The molecule has 0 atom stereocenters. The second kappa shape index (κ2) is 20.9. The lowest BCUT2D eigenvalue weighted by Gasteiger charge is -2.39. The monoisotopic (exact) mass is 649 g/mol. The van der Waals surface area contributed by atoms with Gasteiger partial charge >= 0.3 is 0 Å². The van der Waals surface area contributed by atoms with Gasteiger partial charge in [-0.1, -0.05) is 136 Å². The first kappa shape index (κ1) is 60.1. The fourth-order valence-corrected chi connectivity index (χ4v) is 6.20. The van der Waals surface area contributed by atoms with Gasteiger partial charge in [-0.15, -0.1) is 46.9 Å². The fourth-order valence-electron chi connectivity index (χ4n) is 6.20. The average molecular weight is 645 g/mol. The summed E-state index contributed by atoms with van der Waals surface area (Å²) in [6.45, 7) is 17.5. The van der Waals surface area contributed by atoms with E-state index in [4.69, 9.17) is 173 Å². The minimum Gasteiger partial charge on any atom is -0.103 e. The highest BCUT2D eigenvalue weighted by Gasteiger charge is 2.31. The maximum atomic E-state index is 5.91. The molecule has 0 nitrogen and oxygen atoms in total. The van der Waals surface area contributed by atoms with Crippen molar-refractivity contribution in [3.63, 3.8) is 0 Å². The largest absolute Gasteiger partial charge is 0.103 e. The molecule has 0 aliphatic heterocycles. The highest BCUT2D eigenvalue weighted by Crippen LogP contribution is 2.47. The van der Waals surface area contributed by atoms with Crippen LogP contribution >= 0.6 is 0 Å². The minimum absolute atomic E-state index is 0.254. The number of hydrogen-bond acceptors (Lipinski definition) is 0. The normalized spacial score (nSPS) is 14.3. The summed E-state index contributed by atoms with van der Waals surface area (Å²) < 4.78 is 0. The maximum Gasteiger partial charge on any atom is 0.0738 e. The molecule has 0 heterocycles. The molecule has 0 saturated heterocycles. The van der Waals surface area contributed by atoms with E-state index in [1.54, 1.807) is 41.5 Å². The predicted octanol–water partition coefficient (Wildman–Crippen LogP) is 2.45. The van der Waals surface area contributed by atoms with E-state index in [0.29, 0.717) is 12.8 Å². The van der Waals surface area contributed by atoms with Crippen molar-refractivity contribution >= 4 is 173 Å². The van der Waals surface area contributed by atoms with Gasteiger partial charge < -0.3 is 0 Å². The van der Waals surface area contributed by atoms with Gasteiger partial charge in [0.05, 0.1) is 173 Å². The zero-order valence-corrected chi connectivity index (χ0v) is 34.4. The van der Waals surface area contributed by atoms with Crippen LogP contribution in [0.3, 0.4) is 0 Å². The number of rotatable bonds is 16. The third-order valence-electron chi connectivity index (χ3n) is 5.83. The van der Waals surface area contributed by atoms with Gasteiger partial charge in [0.2, 0.25) is 0 Å². The van der Waals surface area contributed by atoms with Gasteiger partial charge in [-0.05, 0) is 0 Å². The molecule has 0 aromatic heterocycles. The lowest BCUT2D eigenvalue weighted by Crippen LogP contribution is -2.26. The predicted molar refractivity (Wildman–Crippen MR) is 253 cm³/mol. The second-order valence-corrected chi connectivity index (χ2v) is 19.4. The van der Waals surface area contributed by atoms with Crippen molar-refractivity contribution in [2.45, 2.75) is 183 Å². The molecule has 0 amide bonds. The highest BCUT2D eigenvalue weighted by molar-refractivity contribution is 6.48. The first-order chi connectivity index (χ1) is 21.7. The molecule has 22 heteroatoms. The summed E-state index contributed by atoms with van der Waals surface area (Å²) in [7, 11) is 125. The molecular formula is C30H46B22. The van der Waals surface area contributed by atoms with Crippen LogP contribution in [-0.4, -0.2) is 173 Å². The van der Waals surface area contributed by atoms with E-state index >= 15 is 0 Å². The smallest absolute Gasteiger partial charge is 0.0738 e. The molecule has 0 spiro atoms. The number of hydrogen-bond donors (Lipinski definition) is 0. The molecule has 0 rings (SSSR count). The van der Waals surface area contributed by atoms with Crippen LogP contribution in [0.15, 0.2) is 0 Å². The van der Waals surface area contributed by atoms with Gasteiger partial charge in [-0.25, -0.2) is 0 Å². The van der Waals surface area contributed by atoms with Crippen molar-refractivity contribution in [2.75, 3.05) is 0 Å². The second-order valence-electron chi connectivity index (χ2n) is 19.4. The molecule has 0 aromatic rings. The van der Waals surface area contributed by atoms with Crippen LogP contribution < -0.4 is 0 Å². The molecule has 0 aromatic carbocycles. The molecule has 44 radical (unpaired) electrons. The molecule has 52 heavy (non-hydrogen) atoms. The third-order valence-corrected chi connectivity index (χ3v) is 5.83. The van der Waals surface area contributed by atoms with Crippen molar-refractivity contribution < 1.29 is 0 Å². The quantitative estimate of drug-likeness (QED) is 0.227. The molecule has 0 bridgehead atoms. The van der Waals surface area contributed by atoms with Crippen molar-refractivity contribution in [1.82, 2.24) is 0 Å². The third kappa shape index (κ3) is 53.5. The Labute approximate surface area is 354 Å². The van der Waals surface area contributed by atoms with Gasteiger partial charge in [0, 0.05) is 0 Å². The van der Waals surface area contributed by atoms with Crippen LogP contribution in [0.5, 0.6) is 0 Å². The van der Waals surface area contributed by atoms with Crippen molar-refractivity contribution in [1.29, 1.82) is 0 Å². The zero-order chi connectivity index (χ0) is 43.7. The molecule has 0 aliphatic rings. The summed E-state index contributed by atoms with van der Waals surface area (Å²) >= 11 is 0. The molecule has 0 aliphatic carbocycles. The SMILES string of the molecule is [B]C(C)(C)CC([B])([B])CC([B])(C)C.[B]C([B])(C)CC([B])([B])CC([B])([B])C.[B]C([B])(C)CC([B])([B])CC([B])([B])C.[B]C([B])(C)CC([B])([B])CC([B])([B])C. The van der Waals surface area contributed by atoms with E-state index in [-0.39, 0.29) is 49.2 Å². The minimum atomic E-state index is -1.03. The van der Waals surface area contributed by atoms with Gasteiger partial charge in [-0.3, -0.25) is 0 Å². The van der Waals surface area contributed by atoms with Gasteiger partial charge in [0.1, 0.15) is 0 Å². The van der Waals surface area contributed by atoms with Crippen LogP contribution in [0.4, 0.5) is 0 Å². The average Bonchev–Trinajstić information content (AvgIpc) is 2.51. The summed E-state index contributed by atoms with van der Waals surface area (Å²) in [4.78, 5) is 0. The Hall–Kier alpha value is 1.43. The van der Waals surface area contributed by atoms with Crippen LogP contribution in [0.2, 0.25) is 62.8 Å². The molecular weight excluding hydrogens is 598 g/mol. The van der Waals surface area contributed by atoms with E-state index in [9.17, 15) is 0 Å². The standard InChI is InChI=1S/C9H16B4.3C7H10B6/c1-7(2,10)5-9(12,13)6-8(3,4)11;3*1-5(8,9)3-7(12,13)4-6(2,10)11/h5-6H2,1-4H3;3*3-4H2,1-2H3. The van der Waals surface area contributed by atoms with E-state index in [2.05, 4.69) is 0 Å². The molecule has 0 fully saturated rings. The summed E-state index contributed by atoms with van der Waals surface area (Å²) in [6, 6.07) is 0. The first-order valence-electron chi connectivity index (χ1n) is 17.0. The summed E-state index contributed by atoms with van der Waals surface area (Å²) in [5.41, 5.74) is 0. The Morgan fingerprint density at radius 1 is 0.192 bits per heavy atom. The molecule has 232 valence electrons. The maximum absolute atomic E-state index is 5.91. The highest BCUT2D eigenvalue weighted by atomic mass is 14.2. The van der Waals surface area contributed by atoms with E-state index < -0.39 is 52.1 Å². The summed E-state index contributed by atoms with van der Waals surface area (Å²) in [6.07, 6.45) is 2.64. The Balaban J connectivity index is -0.000000295. The van der Waals surface area contributed by atoms with Gasteiger partial charge in [0.15, 0.2) is 0 Å². The van der Waals surface area contributed by atoms with Crippen LogP contribution in [0.1, 0.15) is 121 Å². The molecule has 0 saturated carbocycles. The van der Waals surface area contributed by atoms with Crippen LogP contribution in [0, 0.1) is 0 Å². The van der Waals surface area contributed by atoms with Gasteiger partial charge in [-0.2, -0.15) is 0 Å². The Bertz CT molecular complexity index is 739. The summed E-state index contributed by atoms with van der Waals surface area (Å²) in [5, 5.41) is -10.0. The topological polar surface area (TPSA) is 0 Å². The van der Waals surface area contributed by atoms with Gasteiger partial charge in [0.25, 0.3) is 0 Å². The van der Waals surface area contributed by atoms with Crippen molar-refractivity contribution in [3.8, 4) is 0 Å². The van der Waals surface area contributed by atoms with E-state index in [1.807, 2.05) is 27.7 Å². The molecule has 0 unspecified atom stereocenters. The van der Waals surface area contributed by atoms with Crippen LogP contribution in [-0.2, 0) is 0 Å². The van der Waals surface area contributed by atoms with Crippen molar-refractivity contribution in [3.05, 3.63) is 0 Å². The van der Waals surface area contributed by atoms with E-state index in [0.717, 1.165) is 0 Å². The Kier molecular flexibility index (Phi) is 24.2. The van der Waals surface area contributed by atoms with Crippen molar-refractivity contribution in [2.24, 2.45) is 0 Å². The Morgan fingerprint density at radius 2 is 0.288 bits per heavy atom.